The Bertz CT molecular complexity index is 621. The van der Waals surface area contributed by atoms with Gasteiger partial charge in [0.05, 0.1) is 0 Å². The molecular weight excluding hydrogens is 272 g/mol. The molecule has 0 saturated heterocycles. The molecule has 0 aliphatic heterocycles. The van der Waals surface area contributed by atoms with Gasteiger partial charge in [0, 0.05) is 29.4 Å². The molecule has 1 N–H and O–H groups in total. The van der Waals surface area contributed by atoms with Crippen molar-refractivity contribution in [1.29, 1.82) is 0 Å². The lowest BCUT2D eigenvalue weighted by Gasteiger charge is -2.18. The Morgan fingerprint density at radius 2 is 1.76 bits per heavy atom. The Balaban J connectivity index is 2.02. The number of fused-ring (bicyclic) bond motifs is 1. The van der Waals surface area contributed by atoms with E-state index in [-0.39, 0.29) is 5.56 Å². The van der Waals surface area contributed by atoms with E-state index in [1.807, 2.05) is 7.05 Å². The largest absolute Gasteiger partial charge is 0.373 e. The average molecular weight is 289 g/mol. The summed E-state index contributed by atoms with van der Waals surface area (Å²) in [6, 6.07) is 6.18. The summed E-state index contributed by atoms with van der Waals surface area (Å²) in [5, 5.41) is 3.12. The quantitative estimate of drug-likeness (QED) is 0.928. The number of hydrogen-bond acceptors (Lipinski definition) is 3. The van der Waals surface area contributed by atoms with Crippen LogP contribution in [0.5, 0.6) is 0 Å². The van der Waals surface area contributed by atoms with Crippen LogP contribution in [-0.2, 0) is 12.8 Å². The Morgan fingerprint density at radius 3 is 2.43 bits per heavy atom. The standard InChI is InChI=1S/C16H17F2N3/c1-19-16-12-4-2-3-5-13(12)20-15(21-16)11-8-6-10(7-9-11)14(17)18/h6-9,14H,2-5H2,1H3,(H,19,20,21). The molecule has 0 amide bonds. The third-order valence-electron chi connectivity index (χ3n) is 3.84. The minimum atomic E-state index is -2.45. The van der Waals surface area contributed by atoms with Gasteiger partial charge in [-0.25, -0.2) is 18.7 Å². The van der Waals surface area contributed by atoms with Crippen LogP contribution in [0.1, 0.15) is 36.1 Å². The van der Waals surface area contributed by atoms with Crippen LogP contribution in [0.25, 0.3) is 11.4 Å². The summed E-state index contributed by atoms with van der Waals surface area (Å²) in [7, 11) is 1.85. The zero-order valence-electron chi connectivity index (χ0n) is 11.9. The highest BCUT2D eigenvalue weighted by atomic mass is 19.3. The predicted molar refractivity (Wildman–Crippen MR) is 78.6 cm³/mol. The molecule has 0 fully saturated rings. The van der Waals surface area contributed by atoms with Gasteiger partial charge in [0.1, 0.15) is 5.82 Å². The van der Waals surface area contributed by atoms with E-state index < -0.39 is 6.43 Å². The molecule has 0 bridgehead atoms. The van der Waals surface area contributed by atoms with Crippen LogP contribution in [0.2, 0.25) is 0 Å². The first-order chi connectivity index (χ1) is 10.2. The molecule has 3 nitrogen and oxygen atoms in total. The third-order valence-corrected chi connectivity index (χ3v) is 3.84. The molecule has 21 heavy (non-hydrogen) atoms. The second-order valence-electron chi connectivity index (χ2n) is 5.20. The monoisotopic (exact) mass is 289 g/mol. The highest BCUT2D eigenvalue weighted by Gasteiger charge is 2.18. The van der Waals surface area contributed by atoms with E-state index in [0.29, 0.717) is 5.82 Å². The zero-order valence-corrected chi connectivity index (χ0v) is 11.9. The molecule has 0 saturated carbocycles. The van der Waals surface area contributed by atoms with Gasteiger partial charge in [-0.1, -0.05) is 24.3 Å². The third kappa shape index (κ3) is 2.73. The van der Waals surface area contributed by atoms with Crippen LogP contribution in [0, 0.1) is 0 Å². The highest BCUT2D eigenvalue weighted by Crippen LogP contribution is 2.29. The summed E-state index contributed by atoms with van der Waals surface area (Å²) in [5.41, 5.74) is 3.06. The number of anilines is 1. The smallest absolute Gasteiger partial charge is 0.263 e. The lowest BCUT2D eigenvalue weighted by molar-refractivity contribution is 0.151. The number of hydrogen-bond donors (Lipinski definition) is 1. The maximum absolute atomic E-state index is 12.6. The summed E-state index contributed by atoms with van der Waals surface area (Å²) >= 11 is 0. The average Bonchev–Trinajstić information content (AvgIpc) is 2.53. The number of alkyl halides is 2. The fourth-order valence-electron chi connectivity index (χ4n) is 2.71. The summed E-state index contributed by atoms with van der Waals surface area (Å²) in [4.78, 5) is 9.17. The van der Waals surface area contributed by atoms with Crippen LogP contribution >= 0.6 is 0 Å². The van der Waals surface area contributed by atoms with Gasteiger partial charge in [-0.2, -0.15) is 0 Å². The van der Waals surface area contributed by atoms with Gasteiger partial charge in [-0.3, -0.25) is 0 Å². The lowest BCUT2D eigenvalue weighted by Crippen LogP contribution is -2.11. The Labute approximate surface area is 122 Å². The Hall–Kier alpha value is -2.04. The number of benzene rings is 1. The number of halogens is 2. The molecule has 2 aromatic rings. The van der Waals surface area contributed by atoms with E-state index in [2.05, 4.69) is 15.3 Å². The van der Waals surface area contributed by atoms with Crippen molar-refractivity contribution < 1.29 is 8.78 Å². The van der Waals surface area contributed by atoms with Crippen LogP contribution in [-0.4, -0.2) is 17.0 Å². The van der Waals surface area contributed by atoms with Crippen molar-refractivity contribution in [3.05, 3.63) is 41.1 Å². The molecule has 110 valence electrons. The van der Waals surface area contributed by atoms with Gasteiger partial charge in [-0.15, -0.1) is 0 Å². The normalized spacial score (nSPS) is 14.1. The molecule has 3 rings (SSSR count). The molecule has 0 spiro atoms. The second kappa shape index (κ2) is 5.76. The van der Waals surface area contributed by atoms with Crippen LogP contribution < -0.4 is 5.32 Å². The summed E-state index contributed by atoms with van der Waals surface area (Å²) < 4.78 is 25.2. The predicted octanol–water partition coefficient (Wildman–Crippen LogP) is 4.00. The van der Waals surface area contributed by atoms with Crippen molar-refractivity contribution in [2.45, 2.75) is 32.1 Å². The summed E-state index contributed by atoms with van der Waals surface area (Å²) in [6.45, 7) is 0. The molecule has 0 radical (unpaired) electrons. The van der Waals surface area contributed by atoms with Crippen molar-refractivity contribution in [3.63, 3.8) is 0 Å². The van der Waals surface area contributed by atoms with Crippen molar-refractivity contribution in [2.24, 2.45) is 0 Å². The van der Waals surface area contributed by atoms with Gasteiger partial charge in [-0.05, 0) is 25.7 Å². The molecule has 1 aromatic carbocycles. The van der Waals surface area contributed by atoms with Gasteiger partial charge in [0.25, 0.3) is 6.43 Å². The summed E-state index contributed by atoms with van der Waals surface area (Å²) in [5.74, 6) is 1.45. The minimum Gasteiger partial charge on any atom is -0.373 e. The van der Waals surface area contributed by atoms with Crippen LogP contribution in [0.15, 0.2) is 24.3 Å². The van der Waals surface area contributed by atoms with Crippen molar-refractivity contribution in [2.75, 3.05) is 12.4 Å². The first kappa shape index (κ1) is 13.9. The maximum atomic E-state index is 12.6. The van der Waals surface area contributed by atoms with Crippen LogP contribution in [0.4, 0.5) is 14.6 Å². The Kier molecular flexibility index (Phi) is 3.82. The van der Waals surface area contributed by atoms with E-state index >= 15 is 0 Å². The minimum absolute atomic E-state index is 0.0190. The first-order valence-corrected chi connectivity index (χ1v) is 7.15. The number of aryl methyl sites for hydroxylation is 1. The van der Waals surface area contributed by atoms with Crippen molar-refractivity contribution in [3.8, 4) is 11.4 Å². The number of nitrogens with zero attached hydrogens (tertiary/aromatic N) is 2. The van der Waals surface area contributed by atoms with Crippen molar-refractivity contribution >= 4 is 5.82 Å². The van der Waals surface area contributed by atoms with Crippen molar-refractivity contribution in [1.82, 2.24) is 9.97 Å². The fraction of sp³-hybridized carbons (Fsp3) is 0.375. The number of aromatic nitrogens is 2. The SMILES string of the molecule is CNc1nc(-c2ccc(C(F)F)cc2)nc2c1CCCC2. The first-order valence-electron chi connectivity index (χ1n) is 7.15. The van der Waals surface area contributed by atoms with E-state index in [0.717, 1.165) is 42.8 Å². The molecule has 0 unspecified atom stereocenters. The molecular formula is C16H17F2N3. The molecule has 1 aromatic heterocycles. The van der Waals surface area contributed by atoms with E-state index in [1.54, 1.807) is 12.1 Å². The zero-order chi connectivity index (χ0) is 14.8. The molecule has 1 aliphatic rings. The van der Waals surface area contributed by atoms with Gasteiger partial charge < -0.3 is 5.32 Å². The molecule has 1 aliphatic carbocycles. The fourth-order valence-corrected chi connectivity index (χ4v) is 2.71. The van der Waals surface area contributed by atoms with Gasteiger partial charge in [0.2, 0.25) is 0 Å². The van der Waals surface area contributed by atoms with E-state index in [4.69, 9.17) is 0 Å². The van der Waals surface area contributed by atoms with Gasteiger partial charge in [0.15, 0.2) is 5.82 Å². The summed E-state index contributed by atoms with van der Waals surface area (Å²) in [6.07, 6.45) is 1.80. The molecule has 1 heterocycles. The Morgan fingerprint density at radius 1 is 1.05 bits per heavy atom. The van der Waals surface area contributed by atoms with Gasteiger partial charge >= 0.3 is 0 Å². The molecule has 5 heteroatoms. The van der Waals surface area contributed by atoms with E-state index in [9.17, 15) is 8.78 Å². The number of nitrogens with one attached hydrogen (secondary N) is 1. The second-order valence-corrected chi connectivity index (χ2v) is 5.20. The maximum Gasteiger partial charge on any atom is 0.263 e. The molecule has 0 atom stereocenters. The highest BCUT2D eigenvalue weighted by molar-refractivity contribution is 5.60. The number of rotatable bonds is 3. The topological polar surface area (TPSA) is 37.8 Å². The van der Waals surface area contributed by atoms with Crippen LogP contribution in [0.3, 0.4) is 0 Å². The lowest BCUT2D eigenvalue weighted by atomic mass is 9.96. The van der Waals surface area contributed by atoms with E-state index in [1.165, 1.54) is 17.7 Å².